The van der Waals surface area contributed by atoms with Crippen LogP contribution in [0.25, 0.3) is 0 Å². The summed E-state index contributed by atoms with van der Waals surface area (Å²) in [6.45, 7) is 1.59. The minimum Gasteiger partial charge on any atom is -0.370 e. The minimum atomic E-state index is -1.37. The predicted octanol–water partition coefficient (Wildman–Crippen LogP) is -1.35. The summed E-state index contributed by atoms with van der Waals surface area (Å²) in [5.74, 6) is -5.45. The molecule has 368 valence electrons. The Morgan fingerprint density at radius 1 is 0.522 bits per heavy atom. The SMILES string of the molecule is C[C@@H]1NC(=O)[C@H](CN)NC(=O)[C@@H](Cc2ccccc2)NC(=O)[C@@H](Cc2ccccc2)NC(=O)[C@@H](CCCN=C(N)N)NC(=O)[C@@H]2CCCN2C(=O)[C@H]2CCCN2C(=O)[C@H](Cc2ccccc2)NC1=O. The first-order chi connectivity index (χ1) is 33.2. The highest BCUT2D eigenvalue weighted by Gasteiger charge is 2.44. The number of benzene rings is 3. The van der Waals surface area contributed by atoms with Gasteiger partial charge in [-0.1, -0.05) is 91.0 Å². The van der Waals surface area contributed by atoms with E-state index in [1.54, 1.807) is 84.9 Å². The maximum absolute atomic E-state index is 14.6. The number of carbonyl (C=O) groups excluding carboxylic acids is 8. The Bertz CT molecular complexity index is 2320. The van der Waals surface area contributed by atoms with Gasteiger partial charge < -0.3 is 58.9 Å². The van der Waals surface area contributed by atoms with Crippen LogP contribution in [-0.4, -0.2) is 138 Å². The normalized spacial score (nSPS) is 25.7. The van der Waals surface area contributed by atoms with Crippen LogP contribution in [0, 0.1) is 0 Å². The summed E-state index contributed by atoms with van der Waals surface area (Å²) >= 11 is 0. The Balaban J connectivity index is 1.37. The van der Waals surface area contributed by atoms with Crippen LogP contribution in [0.15, 0.2) is 96.0 Å². The van der Waals surface area contributed by atoms with Gasteiger partial charge in [-0.3, -0.25) is 43.3 Å². The van der Waals surface area contributed by atoms with Gasteiger partial charge in [-0.15, -0.1) is 0 Å². The molecule has 3 aromatic rings. The molecule has 20 heteroatoms. The van der Waals surface area contributed by atoms with Crippen molar-refractivity contribution < 1.29 is 38.4 Å². The van der Waals surface area contributed by atoms with Crippen molar-refractivity contribution in [1.29, 1.82) is 0 Å². The molecule has 0 spiro atoms. The average molecular weight is 949 g/mol. The molecule has 0 aliphatic carbocycles. The van der Waals surface area contributed by atoms with Crippen molar-refractivity contribution >= 4 is 53.2 Å². The topological polar surface area (TPSA) is 306 Å². The van der Waals surface area contributed by atoms with Gasteiger partial charge in [0.1, 0.15) is 48.3 Å². The number of rotatable bonds is 11. The maximum Gasteiger partial charge on any atom is 0.246 e. The van der Waals surface area contributed by atoms with E-state index in [0.717, 1.165) is 5.56 Å². The lowest BCUT2D eigenvalue weighted by Gasteiger charge is -2.33. The molecule has 69 heavy (non-hydrogen) atoms. The molecule has 6 rings (SSSR count). The molecule has 0 saturated carbocycles. The van der Waals surface area contributed by atoms with Crippen molar-refractivity contribution in [1.82, 2.24) is 41.7 Å². The third-order valence-electron chi connectivity index (χ3n) is 12.6. The number of hydrogen-bond donors (Lipinski definition) is 9. The molecule has 3 aromatic carbocycles. The van der Waals surface area contributed by atoms with E-state index >= 15 is 0 Å². The second-order valence-corrected chi connectivity index (χ2v) is 17.7. The molecular weight excluding hydrogens is 885 g/mol. The van der Waals surface area contributed by atoms with Crippen molar-refractivity contribution in [2.24, 2.45) is 22.2 Å². The van der Waals surface area contributed by atoms with Crippen LogP contribution in [0.1, 0.15) is 62.1 Å². The molecule has 8 atom stereocenters. The number of aliphatic imine (C=N–C) groups is 1. The van der Waals surface area contributed by atoms with Crippen molar-refractivity contribution in [3.8, 4) is 0 Å². The minimum absolute atomic E-state index is 0.0196. The Hall–Kier alpha value is -7.35. The molecule has 12 N–H and O–H groups in total. The lowest BCUT2D eigenvalue weighted by atomic mass is 10.0. The highest BCUT2D eigenvalue weighted by Crippen LogP contribution is 2.26. The highest BCUT2D eigenvalue weighted by atomic mass is 16.2. The second-order valence-electron chi connectivity index (χ2n) is 17.7. The molecule has 3 aliphatic heterocycles. The quantitative estimate of drug-likeness (QED) is 0.0615. The van der Waals surface area contributed by atoms with Gasteiger partial charge in [-0.2, -0.15) is 0 Å². The van der Waals surface area contributed by atoms with Crippen LogP contribution in [0.5, 0.6) is 0 Å². The van der Waals surface area contributed by atoms with Gasteiger partial charge >= 0.3 is 0 Å². The first kappa shape index (κ1) is 51.0. The zero-order chi connectivity index (χ0) is 49.5. The van der Waals surface area contributed by atoms with Gasteiger partial charge in [0.15, 0.2) is 5.96 Å². The third kappa shape index (κ3) is 14.1. The summed E-state index contributed by atoms with van der Waals surface area (Å²) in [7, 11) is 0. The largest absolute Gasteiger partial charge is 0.370 e. The number of amides is 8. The second kappa shape index (κ2) is 24.6. The number of fused-ring (bicyclic) bond motifs is 2. The van der Waals surface area contributed by atoms with Gasteiger partial charge in [0.25, 0.3) is 0 Å². The Morgan fingerprint density at radius 3 is 1.45 bits per heavy atom. The molecular formula is C49H64N12O8. The zero-order valence-electron chi connectivity index (χ0n) is 38.8. The first-order valence-electron chi connectivity index (χ1n) is 23.5. The van der Waals surface area contributed by atoms with E-state index in [-0.39, 0.29) is 64.1 Å². The van der Waals surface area contributed by atoms with E-state index in [9.17, 15) is 38.4 Å². The Morgan fingerprint density at radius 2 is 0.942 bits per heavy atom. The van der Waals surface area contributed by atoms with E-state index in [1.807, 2.05) is 6.07 Å². The van der Waals surface area contributed by atoms with Gasteiger partial charge in [-0.25, -0.2) is 0 Å². The third-order valence-corrected chi connectivity index (χ3v) is 12.6. The van der Waals surface area contributed by atoms with E-state index in [4.69, 9.17) is 17.2 Å². The molecule has 8 amide bonds. The summed E-state index contributed by atoms with van der Waals surface area (Å²) < 4.78 is 0. The molecule has 3 aliphatic rings. The summed E-state index contributed by atoms with van der Waals surface area (Å²) in [5, 5.41) is 16.5. The van der Waals surface area contributed by atoms with Crippen molar-refractivity contribution in [2.45, 2.75) is 113 Å². The molecule has 0 radical (unpaired) electrons. The smallest absolute Gasteiger partial charge is 0.246 e. The summed E-state index contributed by atoms with van der Waals surface area (Å²) in [4.78, 5) is 121. The molecule has 20 nitrogen and oxygen atoms in total. The van der Waals surface area contributed by atoms with Gasteiger partial charge in [0.2, 0.25) is 47.3 Å². The monoisotopic (exact) mass is 948 g/mol. The standard InChI is InChI=1S/C49H64N12O8/c1-30-41(62)58-37(28-33-18-9-4-10-19-33)47(68)61-25-13-22-40(61)48(69)60-24-12-21-39(60)46(67)55-34(20-11-23-53-49(51)52)42(63)56-35(26-31-14-5-2-6-15-31)43(64)57-36(27-32-16-7-3-8-17-32)44(65)59-38(29-50)45(66)54-30/h2-10,14-19,30,34-40H,11-13,20-29,50H2,1H3,(H,54,66)(H,55,67)(H,56,63)(H,57,64)(H,58,62)(H,59,65)(H4,51,52,53)/t30-,34+,35+,36+,37-,38-,39-,40+/m0/s1. The fraction of sp³-hybridized carbons (Fsp3) is 0.449. The summed E-state index contributed by atoms with van der Waals surface area (Å²) in [5.41, 5.74) is 19.2. The van der Waals surface area contributed by atoms with Crippen LogP contribution in [0.3, 0.4) is 0 Å². The number of guanidine groups is 1. The number of nitrogens with zero attached hydrogens (tertiary/aromatic N) is 3. The Labute approximate surface area is 401 Å². The number of nitrogens with one attached hydrogen (secondary N) is 6. The van der Waals surface area contributed by atoms with Crippen LogP contribution in [0.4, 0.5) is 0 Å². The lowest BCUT2D eigenvalue weighted by molar-refractivity contribution is -0.148. The van der Waals surface area contributed by atoms with E-state index < -0.39 is 102 Å². The molecule has 3 heterocycles. The summed E-state index contributed by atoms with van der Waals surface area (Å²) in [6.07, 6.45) is 1.85. The van der Waals surface area contributed by atoms with Gasteiger partial charge in [0.05, 0.1) is 0 Å². The molecule has 0 aromatic heterocycles. The van der Waals surface area contributed by atoms with E-state index in [1.165, 1.54) is 16.7 Å². The molecule has 3 saturated heterocycles. The average Bonchev–Trinajstić information content (AvgIpc) is 4.05. The fourth-order valence-electron chi connectivity index (χ4n) is 8.91. The van der Waals surface area contributed by atoms with E-state index in [0.29, 0.717) is 30.4 Å². The molecule has 0 unspecified atom stereocenters. The van der Waals surface area contributed by atoms with E-state index in [2.05, 4.69) is 36.9 Å². The first-order valence-corrected chi connectivity index (χ1v) is 23.5. The van der Waals surface area contributed by atoms with Crippen LogP contribution in [0.2, 0.25) is 0 Å². The van der Waals surface area contributed by atoms with Crippen LogP contribution < -0.4 is 49.1 Å². The number of nitrogens with two attached hydrogens (primary N) is 3. The zero-order valence-corrected chi connectivity index (χ0v) is 38.8. The Kier molecular flexibility index (Phi) is 18.2. The fourth-order valence-corrected chi connectivity index (χ4v) is 8.91. The van der Waals surface area contributed by atoms with Crippen LogP contribution in [-0.2, 0) is 57.6 Å². The van der Waals surface area contributed by atoms with Gasteiger partial charge in [-0.05, 0) is 62.1 Å². The lowest BCUT2D eigenvalue weighted by Crippen LogP contribution is -2.62. The molecule has 3 fully saturated rings. The van der Waals surface area contributed by atoms with Crippen molar-refractivity contribution in [2.75, 3.05) is 26.2 Å². The van der Waals surface area contributed by atoms with Crippen molar-refractivity contribution in [3.05, 3.63) is 108 Å². The summed E-state index contributed by atoms with van der Waals surface area (Å²) in [6, 6.07) is 17.2. The van der Waals surface area contributed by atoms with Crippen molar-refractivity contribution in [3.63, 3.8) is 0 Å². The maximum atomic E-state index is 14.6. The predicted molar refractivity (Wildman–Crippen MR) is 256 cm³/mol. The molecule has 0 bridgehead atoms. The highest BCUT2D eigenvalue weighted by molar-refractivity contribution is 5.99. The van der Waals surface area contributed by atoms with Crippen LogP contribution >= 0.6 is 0 Å². The number of hydrogen-bond acceptors (Lipinski definition) is 10. The number of carbonyl (C=O) groups is 8. The van der Waals surface area contributed by atoms with Gasteiger partial charge in [0, 0.05) is 45.4 Å².